The van der Waals surface area contributed by atoms with E-state index in [1.807, 2.05) is 6.07 Å². The van der Waals surface area contributed by atoms with Crippen molar-refractivity contribution in [3.63, 3.8) is 0 Å². The molecular formula is C14H13I3NO2+. The molecule has 0 aromatic heterocycles. The van der Waals surface area contributed by atoms with Crippen LogP contribution in [0.2, 0.25) is 0 Å². The van der Waals surface area contributed by atoms with Gasteiger partial charge in [0.15, 0.2) is 5.75 Å². The van der Waals surface area contributed by atoms with Crippen LogP contribution in [0.5, 0.6) is 17.2 Å². The molecule has 0 saturated carbocycles. The minimum atomic E-state index is 0.271. The van der Waals surface area contributed by atoms with E-state index in [2.05, 4.69) is 85.6 Å². The van der Waals surface area contributed by atoms with Crippen molar-refractivity contribution >= 4 is 67.8 Å². The fraction of sp³-hybridized carbons (Fsp3) is 0.143. The second kappa shape index (κ2) is 7.45. The number of hydrogen-bond acceptors (Lipinski definition) is 2. The molecule has 0 heterocycles. The number of ether oxygens (including phenoxy) is 1. The van der Waals surface area contributed by atoms with Gasteiger partial charge >= 0.3 is 0 Å². The first-order chi connectivity index (χ1) is 9.51. The Kier molecular flexibility index (Phi) is 6.17. The predicted octanol–water partition coefficient (Wildman–Crippen LogP) is 3.78. The molecule has 0 unspecified atom stereocenters. The molecule has 0 saturated heterocycles. The van der Waals surface area contributed by atoms with Gasteiger partial charge in [-0.1, -0.05) is 0 Å². The summed E-state index contributed by atoms with van der Waals surface area (Å²) >= 11 is 6.67. The quantitative estimate of drug-likeness (QED) is 0.520. The maximum absolute atomic E-state index is 9.54. The van der Waals surface area contributed by atoms with Crippen LogP contribution in [0.1, 0.15) is 5.56 Å². The van der Waals surface area contributed by atoms with Crippen molar-refractivity contribution < 1.29 is 15.6 Å². The van der Waals surface area contributed by atoms with E-state index in [0.717, 1.165) is 35.2 Å². The van der Waals surface area contributed by atoms with E-state index in [9.17, 15) is 5.11 Å². The zero-order valence-corrected chi connectivity index (χ0v) is 17.0. The number of halogens is 3. The minimum absolute atomic E-state index is 0.271. The average molecular weight is 608 g/mol. The lowest BCUT2D eigenvalue weighted by Crippen LogP contribution is -2.51. The number of rotatable bonds is 4. The zero-order chi connectivity index (χ0) is 14.7. The number of quaternary nitrogens is 1. The Morgan fingerprint density at radius 1 is 1.00 bits per heavy atom. The number of aromatic hydroxyl groups is 1. The highest BCUT2D eigenvalue weighted by Gasteiger charge is 2.11. The lowest BCUT2D eigenvalue weighted by Gasteiger charge is -2.12. The highest BCUT2D eigenvalue weighted by Crippen LogP contribution is 2.34. The Labute approximate surface area is 158 Å². The summed E-state index contributed by atoms with van der Waals surface area (Å²) in [4.78, 5) is 0. The average Bonchev–Trinajstić information content (AvgIpc) is 2.38. The molecule has 2 aromatic rings. The Hall–Kier alpha value is 0.190. The van der Waals surface area contributed by atoms with Crippen LogP contribution in [0.4, 0.5) is 0 Å². The highest BCUT2D eigenvalue weighted by atomic mass is 127. The van der Waals surface area contributed by atoms with Gasteiger partial charge in [-0.25, -0.2) is 0 Å². The lowest BCUT2D eigenvalue weighted by molar-refractivity contribution is -0.366. The van der Waals surface area contributed by atoms with Crippen LogP contribution >= 0.6 is 67.8 Å². The smallest absolute Gasteiger partial charge is 0.154 e. The maximum Gasteiger partial charge on any atom is 0.154 e. The van der Waals surface area contributed by atoms with Crippen LogP contribution in [0.15, 0.2) is 30.3 Å². The van der Waals surface area contributed by atoms with Crippen molar-refractivity contribution in [2.75, 3.05) is 6.54 Å². The molecule has 0 aliphatic heterocycles. The molecule has 20 heavy (non-hydrogen) atoms. The predicted molar refractivity (Wildman–Crippen MR) is 104 cm³/mol. The molecule has 6 heteroatoms. The minimum Gasteiger partial charge on any atom is -0.507 e. The van der Waals surface area contributed by atoms with Crippen LogP contribution in [-0.4, -0.2) is 11.7 Å². The van der Waals surface area contributed by atoms with E-state index in [1.165, 1.54) is 5.56 Å². The molecular weight excluding hydrogens is 595 g/mol. The Balaban J connectivity index is 2.31. The Morgan fingerprint density at radius 3 is 2.20 bits per heavy atom. The summed E-state index contributed by atoms with van der Waals surface area (Å²) in [5.74, 6) is 1.86. The Bertz CT molecular complexity index is 609. The monoisotopic (exact) mass is 608 g/mol. The van der Waals surface area contributed by atoms with Gasteiger partial charge in [-0.3, -0.25) is 0 Å². The number of phenols is 1. The van der Waals surface area contributed by atoms with Crippen LogP contribution in [0, 0.1) is 10.7 Å². The first kappa shape index (κ1) is 16.6. The summed E-state index contributed by atoms with van der Waals surface area (Å²) in [7, 11) is 0. The van der Waals surface area contributed by atoms with Gasteiger partial charge in [-0.2, -0.15) is 0 Å². The van der Waals surface area contributed by atoms with Gasteiger partial charge in [-0.05, 0) is 104 Å². The second-order valence-electron chi connectivity index (χ2n) is 4.21. The van der Waals surface area contributed by atoms with Gasteiger partial charge < -0.3 is 15.6 Å². The van der Waals surface area contributed by atoms with E-state index in [4.69, 9.17) is 4.74 Å². The summed E-state index contributed by atoms with van der Waals surface area (Å²) in [6, 6.07) is 9.51. The van der Waals surface area contributed by atoms with Crippen molar-refractivity contribution in [1.29, 1.82) is 0 Å². The van der Waals surface area contributed by atoms with Crippen LogP contribution < -0.4 is 10.5 Å². The van der Waals surface area contributed by atoms with Crippen molar-refractivity contribution in [2.24, 2.45) is 0 Å². The van der Waals surface area contributed by atoms with E-state index in [1.54, 1.807) is 12.1 Å². The summed E-state index contributed by atoms with van der Waals surface area (Å²) in [6.07, 6.45) is 0.976. The fourth-order valence-corrected chi connectivity index (χ4v) is 4.33. The fourth-order valence-electron chi connectivity index (χ4n) is 1.73. The number of phenolic OH excluding ortho intramolecular Hbond substituents is 1. The summed E-state index contributed by atoms with van der Waals surface area (Å²) in [5, 5.41) is 9.54. The summed E-state index contributed by atoms with van der Waals surface area (Å²) < 4.78 is 8.91. The molecule has 0 atom stereocenters. The van der Waals surface area contributed by atoms with Crippen LogP contribution in [0.3, 0.4) is 0 Å². The van der Waals surface area contributed by atoms with Crippen LogP contribution in [-0.2, 0) is 6.42 Å². The SMILES string of the molecule is [NH3+]CCc1cc(I)c(Oc2ccc(O)c(I)c2)c(I)c1. The largest absolute Gasteiger partial charge is 0.507 e. The van der Waals surface area contributed by atoms with Gasteiger partial charge in [0, 0.05) is 6.42 Å². The molecule has 0 aliphatic rings. The van der Waals surface area contributed by atoms with Gasteiger partial charge in [0.25, 0.3) is 0 Å². The number of hydrogen-bond donors (Lipinski definition) is 2. The molecule has 0 radical (unpaired) electrons. The van der Waals surface area contributed by atoms with Crippen molar-refractivity contribution in [3.8, 4) is 17.2 Å². The normalized spacial score (nSPS) is 10.6. The van der Waals surface area contributed by atoms with E-state index >= 15 is 0 Å². The molecule has 3 nitrogen and oxygen atoms in total. The highest BCUT2D eigenvalue weighted by molar-refractivity contribution is 14.1. The van der Waals surface area contributed by atoms with Crippen LogP contribution in [0.25, 0.3) is 0 Å². The van der Waals surface area contributed by atoms with E-state index in [0.29, 0.717) is 0 Å². The topological polar surface area (TPSA) is 57.1 Å². The van der Waals surface area contributed by atoms with E-state index < -0.39 is 0 Å². The molecule has 2 rings (SSSR count). The van der Waals surface area contributed by atoms with Gasteiger partial charge in [0.05, 0.1) is 17.3 Å². The molecule has 106 valence electrons. The first-order valence-electron chi connectivity index (χ1n) is 5.95. The molecule has 0 fully saturated rings. The first-order valence-corrected chi connectivity index (χ1v) is 9.18. The van der Waals surface area contributed by atoms with Crippen molar-refractivity contribution in [2.45, 2.75) is 6.42 Å². The summed E-state index contributed by atoms with van der Waals surface area (Å²) in [5.41, 5.74) is 5.17. The third-order valence-corrected chi connectivity index (χ3v) is 5.13. The number of benzene rings is 2. The molecule has 0 bridgehead atoms. The molecule has 0 spiro atoms. The Morgan fingerprint density at radius 2 is 1.65 bits per heavy atom. The second-order valence-corrected chi connectivity index (χ2v) is 7.69. The maximum atomic E-state index is 9.54. The van der Waals surface area contributed by atoms with Gasteiger partial charge in [-0.15, -0.1) is 0 Å². The zero-order valence-electron chi connectivity index (χ0n) is 10.5. The third-order valence-electron chi connectivity index (χ3n) is 2.66. The molecule has 0 amide bonds. The summed E-state index contributed by atoms with van der Waals surface area (Å²) in [6.45, 7) is 0.891. The van der Waals surface area contributed by atoms with Gasteiger partial charge in [0.1, 0.15) is 11.5 Å². The molecule has 0 aliphatic carbocycles. The van der Waals surface area contributed by atoms with Crippen molar-refractivity contribution in [1.82, 2.24) is 0 Å². The van der Waals surface area contributed by atoms with E-state index in [-0.39, 0.29) is 5.75 Å². The lowest BCUT2D eigenvalue weighted by atomic mass is 10.1. The molecule has 4 N–H and O–H groups in total. The standard InChI is InChI=1S/C14H12I3NO2/c15-10-7-9(1-2-13(10)19)20-14-11(16)5-8(3-4-18)6-12(14)17/h1-2,5-7,19H,3-4,18H2/p+1. The van der Waals surface area contributed by atoms with Gasteiger partial charge in [0.2, 0.25) is 0 Å². The van der Waals surface area contributed by atoms with Crippen molar-refractivity contribution in [3.05, 3.63) is 46.6 Å². The third kappa shape index (κ3) is 4.10. The molecule has 2 aromatic carbocycles.